The van der Waals surface area contributed by atoms with Crippen molar-refractivity contribution in [3.63, 3.8) is 0 Å². The first-order valence-corrected chi connectivity index (χ1v) is 7.69. The van der Waals surface area contributed by atoms with Gasteiger partial charge in [0.2, 0.25) is 0 Å². The van der Waals surface area contributed by atoms with Crippen LogP contribution in [-0.2, 0) is 4.79 Å². The van der Waals surface area contributed by atoms with Gasteiger partial charge in [-0.1, -0.05) is 34.1 Å². The highest BCUT2D eigenvalue weighted by Crippen LogP contribution is 2.19. The second-order valence-corrected chi connectivity index (χ2v) is 5.72. The number of hydrogen-bond acceptors (Lipinski definition) is 3. The Labute approximate surface area is 138 Å². The fraction of sp³-hybridized carbons (Fsp3) is 0.235. The van der Waals surface area contributed by atoms with Gasteiger partial charge in [0.1, 0.15) is 11.5 Å². The molecule has 5 heteroatoms. The van der Waals surface area contributed by atoms with Crippen molar-refractivity contribution in [2.45, 2.75) is 13.0 Å². The van der Waals surface area contributed by atoms with Gasteiger partial charge >= 0.3 is 0 Å². The second-order valence-electron chi connectivity index (χ2n) is 4.81. The zero-order chi connectivity index (χ0) is 15.9. The van der Waals surface area contributed by atoms with Crippen LogP contribution in [0.15, 0.2) is 53.0 Å². The van der Waals surface area contributed by atoms with E-state index in [-0.39, 0.29) is 18.6 Å². The average Bonchev–Trinajstić information content (AvgIpc) is 2.53. The summed E-state index contributed by atoms with van der Waals surface area (Å²) in [4.78, 5) is 11.9. The first-order chi connectivity index (χ1) is 10.6. The molecule has 2 rings (SSSR count). The van der Waals surface area contributed by atoms with Crippen molar-refractivity contribution >= 4 is 21.8 Å². The third kappa shape index (κ3) is 4.77. The lowest BCUT2D eigenvalue weighted by molar-refractivity contribution is -0.123. The summed E-state index contributed by atoms with van der Waals surface area (Å²) in [5.41, 5.74) is 1.04. The minimum absolute atomic E-state index is 0.0337. The van der Waals surface area contributed by atoms with E-state index < -0.39 is 0 Å². The topological polar surface area (TPSA) is 47.6 Å². The minimum atomic E-state index is -0.168. The number of ether oxygens (including phenoxy) is 2. The number of carbonyl (C=O) groups is 1. The Kier molecular flexibility index (Phi) is 5.83. The molecule has 0 fully saturated rings. The molecule has 1 amide bonds. The predicted octanol–water partition coefficient (Wildman–Crippen LogP) is 3.71. The molecule has 0 aliphatic rings. The molecule has 0 saturated carbocycles. The monoisotopic (exact) mass is 363 g/mol. The molecule has 0 spiro atoms. The smallest absolute Gasteiger partial charge is 0.258 e. The molecule has 1 N–H and O–H groups in total. The van der Waals surface area contributed by atoms with Crippen molar-refractivity contribution in [1.82, 2.24) is 5.32 Å². The van der Waals surface area contributed by atoms with E-state index in [1.165, 1.54) is 0 Å². The van der Waals surface area contributed by atoms with Gasteiger partial charge in [-0.25, -0.2) is 0 Å². The number of benzene rings is 2. The summed E-state index contributed by atoms with van der Waals surface area (Å²) >= 11 is 3.39. The Morgan fingerprint density at radius 3 is 2.55 bits per heavy atom. The molecule has 0 heterocycles. The summed E-state index contributed by atoms with van der Waals surface area (Å²) in [6, 6.07) is 14.9. The molecule has 1 atom stereocenters. The molecule has 22 heavy (non-hydrogen) atoms. The maximum atomic E-state index is 11.9. The van der Waals surface area contributed by atoms with Crippen molar-refractivity contribution < 1.29 is 14.3 Å². The standard InChI is InChI=1S/C17H18BrNO3/c1-12(13-6-8-14(18)9-7-13)19-17(20)11-22-16-5-3-4-15(10-16)21-2/h3-10,12H,11H2,1-2H3,(H,19,20). The van der Waals surface area contributed by atoms with E-state index in [0.29, 0.717) is 11.5 Å². The molecule has 0 aromatic heterocycles. The summed E-state index contributed by atoms with van der Waals surface area (Å²) in [7, 11) is 1.59. The molecule has 0 aliphatic heterocycles. The third-order valence-corrected chi connectivity index (χ3v) is 3.69. The van der Waals surface area contributed by atoms with Crippen LogP contribution >= 0.6 is 15.9 Å². The van der Waals surface area contributed by atoms with Crippen LogP contribution in [0.25, 0.3) is 0 Å². The van der Waals surface area contributed by atoms with Crippen molar-refractivity contribution in [2.24, 2.45) is 0 Å². The number of amides is 1. The Morgan fingerprint density at radius 2 is 1.86 bits per heavy atom. The SMILES string of the molecule is COc1cccc(OCC(=O)NC(C)c2ccc(Br)cc2)c1. The molecule has 0 radical (unpaired) electrons. The van der Waals surface area contributed by atoms with Crippen LogP contribution in [0.5, 0.6) is 11.5 Å². The molecule has 116 valence electrons. The zero-order valence-corrected chi connectivity index (χ0v) is 14.1. The first-order valence-electron chi connectivity index (χ1n) is 6.90. The van der Waals surface area contributed by atoms with Crippen LogP contribution in [0.3, 0.4) is 0 Å². The fourth-order valence-electron chi connectivity index (χ4n) is 1.96. The van der Waals surface area contributed by atoms with Crippen LogP contribution in [0.1, 0.15) is 18.5 Å². The Morgan fingerprint density at radius 1 is 1.18 bits per heavy atom. The van der Waals surface area contributed by atoms with E-state index >= 15 is 0 Å². The number of carbonyl (C=O) groups excluding carboxylic acids is 1. The van der Waals surface area contributed by atoms with E-state index in [0.717, 1.165) is 10.0 Å². The molecule has 1 unspecified atom stereocenters. The van der Waals surface area contributed by atoms with Gasteiger partial charge < -0.3 is 14.8 Å². The lowest BCUT2D eigenvalue weighted by atomic mass is 10.1. The van der Waals surface area contributed by atoms with Crippen molar-refractivity contribution in [3.8, 4) is 11.5 Å². The minimum Gasteiger partial charge on any atom is -0.497 e. The normalized spacial score (nSPS) is 11.6. The largest absolute Gasteiger partial charge is 0.497 e. The van der Waals surface area contributed by atoms with Gasteiger partial charge in [-0.15, -0.1) is 0 Å². The summed E-state index contributed by atoms with van der Waals surface area (Å²) in [6.07, 6.45) is 0. The Balaban J connectivity index is 1.85. The highest BCUT2D eigenvalue weighted by Gasteiger charge is 2.10. The molecule has 0 bridgehead atoms. The summed E-state index contributed by atoms with van der Waals surface area (Å²) in [5.74, 6) is 1.13. The number of hydrogen-bond donors (Lipinski definition) is 1. The highest BCUT2D eigenvalue weighted by atomic mass is 79.9. The van der Waals surface area contributed by atoms with E-state index in [4.69, 9.17) is 9.47 Å². The highest BCUT2D eigenvalue weighted by molar-refractivity contribution is 9.10. The van der Waals surface area contributed by atoms with Crippen LogP contribution in [0, 0.1) is 0 Å². The molecule has 2 aromatic rings. The molecule has 2 aromatic carbocycles. The molecular weight excluding hydrogens is 346 g/mol. The summed E-state index contributed by atoms with van der Waals surface area (Å²) in [6.45, 7) is 1.90. The van der Waals surface area contributed by atoms with Gasteiger partial charge in [0.05, 0.1) is 13.2 Å². The number of rotatable bonds is 6. The van der Waals surface area contributed by atoms with Gasteiger partial charge in [0.25, 0.3) is 5.91 Å². The first kappa shape index (κ1) is 16.4. The van der Waals surface area contributed by atoms with E-state index in [9.17, 15) is 4.79 Å². The van der Waals surface area contributed by atoms with Crippen molar-refractivity contribution in [1.29, 1.82) is 0 Å². The van der Waals surface area contributed by atoms with Crippen LogP contribution in [0.2, 0.25) is 0 Å². The van der Waals surface area contributed by atoms with Crippen LogP contribution in [-0.4, -0.2) is 19.6 Å². The lowest BCUT2D eigenvalue weighted by Gasteiger charge is -2.15. The fourth-order valence-corrected chi connectivity index (χ4v) is 2.22. The van der Waals surface area contributed by atoms with Crippen LogP contribution in [0.4, 0.5) is 0 Å². The Bertz CT molecular complexity index is 628. The quantitative estimate of drug-likeness (QED) is 0.850. The van der Waals surface area contributed by atoms with E-state index in [1.54, 1.807) is 19.2 Å². The summed E-state index contributed by atoms with van der Waals surface area (Å²) in [5, 5.41) is 2.90. The van der Waals surface area contributed by atoms with E-state index in [1.807, 2.05) is 43.3 Å². The molecule has 0 aliphatic carbocycles. The number of halogens is 1. The van der Waals surface area contributed by atoms with Gasteiger partial charge in [-0.3, -0.25) is 4.79 Å². The van der Waals surface area contributed by atoms with Gasteiger partial charge in [0.15, 0.2) is 6.61 Å². The van der Waals surface area contributed by atoms with Gasteiger partial charge in [-0.05, 0) is 36.8 Å². The molecular formula is C17H18BrNO3. The number of methoxy groups -OCH3 is 1. The van der Waals surface area contributed by atoms with Crippen molar-refractivity contribution in [3.05, 3.63) is 58.6 Å². The second kappa shape index (κ2) is 7.84. The maximum absolute atomic E-state index is 11.9. The average molecular weight is 364 g/mol. The van der Waals surface area contributed by atoms with Gasteiger partial charge in [0, 0.05) is 10.5 Å². The molecule has 0 saturated heterocycles. The van der Waals surface area contributed by atoms with Gasteiger partial charge in [-0.2, -0.15) is 0 Å². The zero-order valence-electron chi connectivity index (χ0n) is 12.5. The Hall–Kier alpha value is -2.01. The third-order valence-electron chi connectivity index (χ3n) is 3.16. The summed E-state index contributed by atoms with van der Waals surface area (Å²) < 4.78 is 11.6. The molecule has 4 nitrogen and oxygen atoms in total. The van der Waals surface area contributed by atoms with E-state index in [2.05, 4.69) is 21.2 Å². The van der Waals surface area contributed by atoms with Crippen molar-refractivity contribution in [2.75, 3.05) is 13.7 Å². The predicted molar refractivity (Wildman–Crippen MR) is 89.2 cm³/mol. The van der Waals surface area contributed by atoms with Crippen LogP contribution < -0.4 is 14.8 Å². The number of nitrogens with one attached hydrogen (secondary N) is 1. The maximum Gasteiger partial charge on any atom is 0.258 e. The lowest BCUT2D eigenvalue weighted by Crippen LogP contribution is -2.31.